The normalized spacial score (nSPS) is 9.89. The molecule has 0 fully saturated rings. The molecule has 0 spiro atoms. The summed E-state index contributed by atoms with van der Waals surface area (Å²) in [4.78, 5) is 21.8. The third kappa shape index (κ3) is 2.45. The molecule has 5 nitrogen and oxygen atoms in total. The maximum atomic E-state index is 12.1. The van der Waals surface area contributed by atoms with Crippen LogP contribution in [0.5, 0.6) is 0 Å². The van der Waals surface area contributed by atoms with E-state index in [0.717, 1.165) is 11.5 Å². The highest BCUT2D eigenvalue weighted by molar-refractivity contribution is 6.04. The molecule has 0 saturated carbocycles. The number of carbonyl (C=O) groups is 1. The first-order chi connectivity index (χ1) is 8.72. The van der Waals surface area contributed by atoms with E-state index in [4.69, 9.17) is 0 Å². The minimum atomic E-state index is -0.158. The molecule has 2 heterocycles. The van der Waals surface area contributed by atoms with Crippen LogP contribution in [0.1, 0.15) is 10.5 Å². The average molecular weight is 242 g/mol. The summed E-state index contributed by atoms with van der Waals surface area (Å²) in [6, 6.07) is 8.90. The predicted octanol–water partition coefficient (Wildman–Crippen LogP) is 1.79. The summed E-state index contributed by atoms with van der Waals surface area (Å²) < 4.78 is 0. The third-order valence-electron chi connectivity index (χ3n) is 2.58. The van der Waals surface area contributed by atoms with Crippen molar-refractivity contribution in [2.24, 2.45) is 0 Å². The number of nitrogens with one attached hydrogen (secondary N) is 1. The molecule has 0 aliphatic heterocycles. The first-order valence-electron chi connectivity index (χ1n) is 5.55. The van der Waals surface area contributed by atoms with Gasteiger partial charge in [0, 0.05) is 20.3 Å². The molecule has 0 aromatic carbocycles. The zero-order valence-corrected chi connectivity index (χ0v) is 10.3. The van der Waals surface area contributed by atoms with Crippen molar-refractivity contribution < 1.29 is 4.79 Å². The number of hydrogen-bond donors (Lipinski definition) is 1. The van der Waals surface area contributed by atoms with Crippen molar-refractivity contribution >= 4 is 17.4 Å². The van der Waals surface area contributed by atoms with E-state index < -0.39 is 0 Å². The van der Waals surface area contributed by atoms with Gasteiger partial charge < -0.3 is 10.2 Å². The van der Waals surface area contributed by atoms with Crippen LogP contribution in [0, 0.1) is 0 Å². The van der Waals surface area contributed by atoms with Crippen LogP contribution < -0.4 is 10.2 Å². The minimum Gasteiger partial charge on any atom is -0.373 e. The molecular weight excluding hydrogens is 228 g/mol. The fourth-order valence-corrected chi connectivity index (χ4v) is 1.51. The van der Waals surface area contributed by atoms with Gasteiger partial charge in [-0.05, 0) is 24.3 Å². The molecule has 2 rings (SSSR count). The molecule has 2 aromatic heterocycles. The Bertz CT molecular complexity index is 524. The lowest BCUT2D eigenvalue weighted by atomic mass is 10.3. The van der Waals surface area contributed by atoms with Crippen LogP contribution in [-0.4, -0.2) is 30.0 Å². The maximum Gasteiger partial charge on any atom is 0.276 e. The van der Waals surface area contributed by atoms with E-state index in [1.807, 2.05) is 12.1 Å². The number of pyridine rings is 2. The Labute approximate surface area is 105 Å². The van der Waals surface area contributed by atoms with E-state index in [1.165, 1.54) is 4.90 Å². The Kier molecular flexibility index (Phi) is 3.52. The molecule has 0 aliphatic carbocycles. The summed E-state index contributed by atoms with van der Waals surface area (Å²) in [5.74, 6) is 0.604. The van der Waals surface area contributed by atoms with Crippen molar-refractivity contribution in [3.63, 3.8) is 0 Å². The fourth-order valence-electron chi connectivity index (χ4n) is 1.51. The zero-order chi connectivity index (χ0) is 13.0. The van der Waals surface area contributed by atoms with E-state index in [2.05, 4.69) is 15.3 Å². The SMILES string of the molecule is CNc1ccc(N(C)C(=O)c2ccccn2)cn1. The Hall–Kier alpha value is -2.43. The highest BCUT2D eigenvalue weighted by Crippen LogP contribution is 2.15. The molecule has 0 atom stereocenters. The van der Waals surface area contributed by atoms with Crippen LogP contribution in [-0.2, 0) is 0 Å². The molecular formula is C13H14N4O. The van der Waals surface area contributed by atoms with E-state index >= 15 is 0 Å². The van der Waals surface area contributed by atoms with Gasteiger partial charge in [-0.25, -0.2) is 4.98 Å². The zero-order valence-electron chi connectivity index (χ0n) is 10.3. The molecule has 1 N–H and O–H groups in total. The van der Waals surface area contributed by atoms with E-state index in [0.29, 0.717) is 5.69 Å². The molecule has 0 radical (unpaired) electrons. The lowest BCUT2D eigenvalue weighted by molar-refractivity contribution is 0.0988. The van der Waals surface area contributed by atoms with E-state index in [9.17, 15) is 4.79 Å². The number of rotatable bonds is 3. The van der Waals surface area contributed by atoms with Gasteiger partial charge in [-0.1, -0.05) is 6.07 Å². The summed E-state index contributed by atoms with van der Waals surface area (Å²) in [5, 5.41) is 2.93. The minimum absolute atomic E-state index is 0.158. The van der Waals surface area contributed by atoms with Crippen LogP contribution in [0.4, 0.5) is 11.5 Å². The second-order valence-corrected chi connectivity index (χ2v) is 3.73. The average Bonchev–Trinajstić information content (AvgIpc) is 2.47. The largest absolute Gasteiger partial charge is 0.373 e. The first-order valence-corrected chi connectivity index (χ1v) is 5.55. The van der Waals surface area contributed by atoms with Gasteiger partial charge in [0.05, 0.1) is 11.9 Å². The molecule has 0 unspecified atom stereocenters. The van der Waals surface area contributed by atoms with Crippen LogP contribution >= 0.6 is 0 Å². The molecule has 18 heavy (non-hydrogen) atoms. The summed E-state index contributed by atoms with van der Waals surface area (Å²) in [7, 11) is 3.50. The number of nitrogens with zero attached hydrogens (tertiary/aromatic N) is 3. The van der Waals surface area contributed by atoms with Gasteiger partial charge in [0.1, 0.15) is 11.5 Å². The van der Waals surface area contributed by atoms with Crippen LogP contribution in [0.2, 0.25) is 0 Å². The summed E-state index contributed by atoms with van der Waals surface area (Å²) in [5.41, 5.74) is 1.14. The number of hydrogen-bond acceptors (Lipinski definition) is 4. The molecule has 92 valence electrons. The van der Waals surface area contributed by atoms with Crippen LogP contribution in [0.3, 0.4) is 0 Å². The van der Waals surface area contributed by atoms with Gasteiger partial charge in [-0.15, -0.1) is 0 Å². The van der Waals surface area contributed by atoms with Crippen molar-refractivity contribution in [1.82, 2.24) is 9.97 Å². The van der Waals surface area contributed by atoms with E-state index in [1.54, 1.807) is 44.7 Å². The van der Waals surface area contributed by atoms with Crippen molar-refractivity contribution in [1.29, 1.82) is 0 Å². The summed E-state index contributed by atoms with van der Waals surface area (Å²) in [6.07, 6.45) is 3.25. The molecule has 2 aromatic rings. The second kappa shape index (κ2) is 5.27. The van der Waals surface area contributed by atoms with Gasteiger partial charge in [-0.2, -0.15) is 0 Å². The van der Waals surface area contributed by atoms with Gasteiger partial charge >= 0.3 is 0 Å². The fraction of sp³-hybridized carbons (Fsp3) is 0.154. The van der Waals surface area contributed by atoms with Crippen molar-refractivity contribution in [2.75, 3.05) is 24.3 Å². The number of aromatic nitrogens is 2. The highest BCUT2D eigenvalue weighted by atomic mass is 16.2. The summed E-state index contributed by atoms with van der Waals surface area (Å²) in [6.45, 7) is 0. The van der Waals surface area contributed by atoms with Crippen molar-refractivity contribution in [3.8, 4) is 0 Å². The van der Waals surface area contributed by atoms with E-state index in [-0.39, 0.29) is 5.91 Å². The Morgan fingerprint density at radius 3 is 2.61 bits per heavy atom. The smallest absolute Gasteiger partial charge is 0.276 e. The van der Waals surface area contributed by atoms with Crippen molar-refractivity contribution in [3.05, 3.63) is 48.4 Å². The Morgan fingerprint density at radius 2 is 2.06 bits per heavy atom. The quantitative estimate of drug-likeness (QED) is 0.891. The van der Waals surface area contributed by atoms with Gasteiger partial charge in [-0.3, -0.25) is 9.78 Å². The first kappa shape index (κ1) is 12.0. The lowest BCUT2D eigenvalue weighted by Gasteiger charge is -2.16. The highest BCUT2D eigenvalue weighted by Gasteiger charge is 2.14. The number of anilines is 2. The molecule has 1 amide bonds. The third-order valence-corrected chi connectivity index (χ3v) is 2.58. The predicted molar refractivity (Wildman–Crippen MR) is 70.8 cm³/mol. The van der Waals surface area contributed by atoms with Crippen molar-refractivity contribution in [2.45, 2.75) is 0 Å². The monoisotopic (exact) mass is 242 g/mol. The molecule has 0 saturated heterocycles. The van der Waals surface area contributed by atoms with Gasteiger partial charge in [0.2, 0.25) is 0 Å². The molecule has 0 bridgehead atoms. The van der Waals surface area contributed by atoms with Gasteiger partial charge in [0.15, 0.2) is 0 Å². The second-order valence-electron chi connectivity index (χ2n) is 3.73. The lowest BCUT2D eigenvalue weighted by Crippen LogP contribution is -2.27. The summed E-state index contributed by atoms with van der Waals surface area (Å²) >= 11 is 0. The molecule has 5 heteroatoms. The topological polar surface area (TPSA) is 58.1 Å². The van der Waals surface area contributed by atoms with Crippen LogP contribution in [0.15, 0.2) is 42.7 Å². The Balaban J connectivity index is 2.20. The maximum absolute atomic E-state index is 12.1. The van der Waals surface area contributed by atoms with Crippen LogP contribution in [0.25, 0.3) is 0 Å². The number of carbonyl (C=O) groups excluding carboxylic acids is 1. The Morgan fingerprint density at radius 1 is 1.22 bits per heavy atom. The number of amides is 1. The standard InChI is InChI=1S/C13H14N4O/c1-14-12-7-6-10(9-16-12)17(2)13(18)11-5-3-4-8-15-11/h3-9H,1-2H3,(H,14,16). The molecule has 0 aliphatic rings. The van der Waals surface area contributed by atoms with Gasteiger partial charge in [0.25, 0.3) is 5.91 Å².